The lowest BCUT2D eigenvalue weighted by atomic mass is 9.75. The van der Waals surface area contributed by atoms with Crippen LogP contribution in [0.25, 0.3) is 5.69 Å². The summed E-state index contributed by atoms with van der Waals surface area (Å²) in [7, 11) is 0. The van der Waals surface area contributed by atoms with E-state index >= 15 is 0 Å². The van der Waals surface area contributed by atoms with Crippen LogP contribution in [-0.2, 0) is 6.54 Å². The molecule has 0 radical (unpaired) electrons. The van der Waals surface area contributed by atoms with Crippen molar-refractivity contribution in [2.75, 3.05) is 0 Å². The summed E-state index contributed by atoms with van der Waals surface area (Å²) in [4.78, 5) is 16.2. The fourth-order valence-corrected chi connectivity index (χ4v) is 5.66. The SMILES string of the molecule is Cc1cc(C)n(-c2cccc(C(=O)C3CC4CCCC(C3)N4Cc3ccccc3)c2)n1. The molecule has 2 bridgehead atoms. The van der Waals surface area contributed by atoms with Gasteiger partial charge in [0.15, 0.2) is 5.78 Å². The highest BCUT2D eigenvalue weighted by atomic mass is 16.1. The van der Waals surface area contributed by atoms with Gasteiger partial charge in [-0.1, -0.05) is 48.9 Å². The van der Waals surface area contributed by atoms with Crippen LogP contribution in [0.3, 0.4) is 0 Å². The Morgan fingerprint density at radius 3 is 2.39 bits per heavy atom. The molecule has 2 saturated heterocycles. The lowest BCUT2D eigenvalue weighted by molar-refractivity contribution is 0.00906. The van der Waals surface area contributed by atoms with Crippen molar-refractivity contribution in [2.24, 2.45) is 5.92 Å². The average molecular weight is 414 g/mol. The molecule has 2 aliphatic rings. The van der Waals surface area contributed by atoms with Crippen molar-refractivity contribution in [3.63, 3.8) is 0 Å². The molecular weight excluding hydrogens is 382 g/mol. The molecule has 2 atom stereocenters. The van der Waals surface area contributed by atoms with Crippen LogP contribution in [0.5, 0.6) is 0 Å². The number of fused-ring (bicyclic) bond motifs is 2. The predicted molar refractivity (Wildman–Crippen MR) is 124 cm³/mol. The zero-order valence-corrected chi connectivity index (χ0v) is 18.5. The Hall–Kier alpha value is -2.72. The summed E-state index contributed by atoms with van der Waals surface area (Å²) in [6.45, 7) is 5.06. The quantitative estimate of drug-likeness (QED) is 0.518. The van der Waals surface area contributed by atoms with E-state index in [1.807, 2.05) is 35.9 Å². The number of nitrogens with zero attached hydrogens (tertiary/aromatic N) is 3. The third-order valence-electron chi connectivity index (χ3n) is 7.09. The van der Waals surface area contributed by atoms with E-state index in [1.165, 1.54) is 24.8 Å². The van der Waals surface area contributed by atoms with Gasteiger partial charge in [-0.3, -0.25) is 9.69 Å². The summed E-state index contributed by atoms with van der Waals surface area (Å²) in [6.07, 6.45) is 5.66. The van der Waals surface area contributed by atoms with E-state index in [4.69, 9.17) is 0 Å². The van der Waals surface area contributed by atoms with Crippen molar-refractivity contribution in [1.29, 1.82) is 0 Å². The number of hydrogen-bond acceptors (Lipinski definition) is 3. The van der Waals surface area contributed by atoms with E-state index in [0.717, 1.165) is 42.0 Å². The molecule has 2 aliphatic heterocycles. The Labute approximate surface area is 184 Å². The van der Waals surface area contributed by atoms with E-state index in [9.17, 15) is 4.79 Å². The second-order valence-electron chi connectivity index (χ2n) is 9.32. The van der Waals surface area contributed by atoms with Gasteiger partial charge >= 0.3 is 0 Å². The molecule has 2 unspecified atom stereocenters. The number of ketones is 1. The molecule has 2 fully saturated rings. The largest absolute Gasteiger partial charge is 0.294 e. The zero-order valence-electron chi connectivity index (χ0n) is 18.5. The van der Waals surface area contributed by atoms with Crippen LogP contribution in [0.1, 0.15) is 59.4 Å². The lowest BCUT2D eigenvalue weighted by Crippen LogP contribution is -2.52. The van der Waals surface area contributed by atoms with Crippen molar-refractivity contribution in [1.82, 2.24) is 14.7 Å². The second-order valence-corrected chi connectivity index (χ2v) is 9.32. The van der Waals surface area contributed by atoms with E-state index in [2.05, 4.69) is 53.3 Å². The number of rotatable bonds is 5. The first-order valence-corrected chi connectivity index (χ1v) is 11.6. The van der Waals surface area contributed by atoms with Gasteiger partial charge in [0.2, 0.25) is 0 Å². The number of hydrogen-bond donors (Lipinski definition) is 0. The number of aromatic nitrogens is 2. The molecule has 5 rings (SSSR count). The standard InChI is InChI=1S/C27H31N3O/c1-19-14-20(2)30(28-19)26-13-6-10-22(15-26)27(31)23-16-24-11-7-12-25(17-23)29(24)18-21-8-4-3-5-9-21/h3-6,8-10,13-15,23-25H,7,11-12,16-18H2,1-2H3. The van der Waals surface area contributed by atoms with Crippen LogP contribution in [0, 0.1) is 19.8 Å². The van der Waals surface area contributed by atoms with Crippen LogP contribution < -0.4 is 0 Å². The van der Waals surface area contributed by atoms with Crippen LogP contribution in [0.15, 0.2) is 60.7 Å². The first kappa shape index (κ1) is 20.2. The van der Waals surface area contributed by atoms with Gasteiger partial charge in [-0.05, 0) is 63.3 Å². The van der Waals surface area contributed by atoms with Gasteiger partial charge in [-0.25, -0.2) is 4.68 Å². The van der Waals surface area contributed by atoms with E-state index in [-0.39, 0.29) is 5.92 Å². The minimum absolute atomic E-state index is 0.123. The molecule has 0 spiro atoms. The third-order valence-corrected chi connectivity index (χ3v) is 7.09. The van der Waals surface area contributed by atoms with Gasteiger partial charge in [0.25, 0.3) is 0 Å². The Kier molecular flexibility index (Phi) is 5.49. The van der Waals surface area contributed by atoms with E-state index in [0.29, 0.717) is 17.9 Å². The summed E-state index contributed by atoms with van der Waals surface area (Å²) in [6, 6.07) is 21.9. The van der Waals surface area contributed by atoms with Crippen molar-refractivity contribution >= 4 is 5.78 Å². The van der Waals surface area contributed by atoms with E-state index < -0.39 is 0 Å². The number of aryl methyl sites for hydroxylation is 2. The molecule has 3 aromatic rings. The Bertz CT molecular complexity index is 1060. The molecular formula is C27H31N3O. The van der Waals surface area contributed by atoms with Gasteiger partial charge in [-0.15, -0.1) is 0 Å². The highest BCUT2D eigenvalue weighted by molar-refractivity contribution is 5.98. The molecule has 4 heteroatoms. The molecule has 1 aromatic heterocycles. The molecule has 0 saturated carbocycles. The number of Topliss-reactive ketones (excluding diaryl/α,β-unsaturated/α-hetero) is 1. The number of carbonyl (C=O) groups is 1. The van der Waals surface area contributed by atoms with Crippen LogP contribution in [0.4, 0.5) is 0 Å². The van der Waals surface area contributed by atoms with Gasteiger partial charge in [0.05, 0.1) is 11.4 Å². The first-order valence-electron chi connectivity index (χ1n) is 11.6. The molecule has 0 N–H and O–H groups in total. The second kappa shape index (κ2) is 8.43. The lowest BCUT2D eigenvalue weighted by Gasteiger charge is -2.48. The Balaban J connectivity index is 1.34. The van der Waals surface area contributed by atoms with Gasteiger partial charge < -0.3 is 0 Å². The summed E-state index contributed by atoms with van der Waals surface area (Å²) < 4.78 is 1.93. The molecule has 0 aliphatic carbocycles. The topological polar surface area (TPSA) is 38.1 Å². The highest BCUT2D eigenvalue weighted by Crippen LogP contribution is 2.39. The molecule has 4 nitrogen and oxygen atoms in total. The summed E-state index contributed by atoms with van der Waals surface area (Å²) >= 11 is 0. The predicted octanol–water partition coefficient (Wildman–Crippen LogP) is 5.51. The number of benzene rings is 2. The number of carbonyl (C=O) groups excluding carboxylic acids is 1. The highest BCUT2D eigenvalue weighted by Gasteiger charge is 2.40. The zero-order chi connectivity index (χ0) is 21.4. The van der Waals surface area contributed by atoms with Crippen LogP contribution in [0.2, 0.25) is 0 Å². The fourth-order valence-electron chi connectivity index (χ4n) is 5.66. The molecule has 2 aromatic carbocycles. The Morgan fingerprint density at radius 2 is 1.71 bits per heavy atom. The molecule has 0 amide bonds. The molecule has 3 heterocycles. The summed E-state index contributed by atoms with van der Waals surface area (Å²) in [5, 5.41) is 4.59. The van der Waals surface area contributed by atoms with Crippen molar-refractivity contribution in [2.45, 2.75) is 64.6 Å². The number of piperidine rings is 2. The van der Waals surface area contributed by atoms with Gasteiger partial charge in [-0.2, -0.15) is 5.10 Å². The monoisotopic (exact) mass is 413 g/mol. The average Bonchev–Trinajstić information content (AvgIpc) is 3.12. The minimum atomic E-state index is 0.123. The first-order chi connectivity index (χ1) is 15.1. The normalized spacial score (nSPS) is 23.6. The van der Waals surface area contributed by atoms with Crippen molar-refractivity contribution in [3.8, 4) is 5.69 Å². The molecule has 31 heavy (non-hydrogen) atoms. The fraction of sp³-hybridized carbons (Fsp3) is 0.407. The minimum Gasteiger partial charge on any atom is -0.294 e. The van der Waals surface area contributed by atoms with Gasteiger partial charge in [0, 0.05) is 35.8 Å². The van der Waals surface area contributed by atoms with Gasteiger partial charge in [0.1, 0.15) is 0 Å². The smallest absolute Gasteiger partial charge is 0.166 e. The summed E-state index contributed by atoms with van der Waals surface area (Å²) in [5.74, 6) is 0.428. The Morgan fingerprint density at radius 1 is 0.968 bits per heavy atom. The van der Waals surface area contributed by atoms with Crippen molar-refractivity contribution in [3.05, 3.63) is 83.2 Å². The van der Waals surface area contributed by atoms with Crippen LogP contribution >= 0.6 is 0 Å². The maximum atomic E-state index is 13.5. The third kappa shape index (κ3) is 4.09. The van der Waals surface area contributed by atoms with Crippen LogP contribution in [-0.4, -0.2) is 32.5 Å². The van der Waals surface area contributed by atoms with Crippen molar-refractivity contribution < 1.29 is 4.79 Å². The maximum absolute atomic E-state index is 13.5. The maximum Gasteiger partial charge on any atom is 0.166 e. The summed E-state index contributed by atoms with van der Waals surface area (Å²) in [5.41, 5.74) is 5.25. The molecule has 160 valence electrons. The van der Waals surface area contributed by atoms with E-state index in [1.54, 1.807) is 0 Å².